The number of rotatable bonds is 2. The first kappa shape index (κ1) is 14.6. The van der Waals surface area contributed by atoms with Gasteiger partial charge >= 0.3 is 6.03 Å². The monoisotopic (exact) mass is 323 g/mol. The summed E-state index contributed by atoms with van der Waals surface area (Å²) in [5, 5.41) is 24.7. The molecule has 1 aliphatic heterocycles. The molecule has 0 spiro atoms. The zero-order valence-corrected chi connectivity index (χ0v) is 12.4. The van der Waals surface area contributed by atoms with Gasteiger partial charge in [-0.15, -0.1) is 0 Å². The lowest BCUT2D eigenvalue weighted by atomic mass is 9.94. The second-order valence-corrected chi connectivity index (χ2v) is 5.63. The van der Waals surface area contributed by atoms with Crippen molar-refractivity contribution in [2.75, 3.05) is 0 Å². The van der Waals surface area contributed by atoms with Gasteiger partial charge in [-0.1, -0.05) is 36.4 Å². The Bertz CT molecular complexity index is 904. The number of benzene rings is 2. The zero-order valence-electron chi connectivity index (χ0n) is 12.4. The Kier molecular flexibility index (Phi) is 3.20. The second-order valence-electron chi connectivity index (χ2n) is 5.63. The Hall–Kier alpha value is -3.00. The fraction of sp³-hybridized carbons (Fsp3) is 0.0588. The van der Waals surface area contributed by atoms with E-state index in [1.165, 1.54) is 12.1 Å². The van der Waals surface area contributed by atoms with Crippen LogP contribution in [-0.4, -0.2) is 17.0 Å². The Morgan fingerprint density at radius 2 is 1.79 bits per heavy atom. The highest BCUT2D eigenvalue weighted by atomic mass is 16.8. The Labute approximate surface area is 136 Å². The summed E-state index contributed by atoms with van der Waals surface area (Å²) in [6.07, 6.45) is 0. The van der Waals surface area contributed by atoms with Gasteiger partial charge in [0.1, 0.15) is 0 Å². The molecule has 0 saturated carbocycles. The van der Waals surface area contributed by atoms with E-state index in [2.05, 4.69) is 10.6 Å². The van der Waals surface area contributed by atoms with Crippen molar-refractivity contribution >= 4 is 23.2 Å². The largest absolute Gasteiger partial charge is 0.595 e. The molecule has 4 N–H and O–H groups in total. The van der Waals surface area contributed by atoms with Gasteiger partial charge in [0.25, 0.3) is 0 Å². The zero-order chi connectivity index (χ0) is 16.8. The number of hydrogen-bond donors (Lipinski definition) is 4. The van der Waals surface area contributed by atoms with E-state index in [1.54, 1.807) is 36.4 Å². The molecule has 1 aliphatic carbocycles. The van der Waals surface area contributed by atoms with Crippen molar-refractivity contribution in [1.29, 1.82) is 0 Å². The van der Waals surface area contributed by atoms with Crippen LogP contribution < -0.4 is 15.9 Å². The molecule has 7 nitrogen and oxygen atoms in total. The summed E-state index contributed by atoms with van der Waals surface area (Å²) in [6.45, 7) is 0. The summed E-state index contributed by atoms with van der Waals surface area (Å²) >= 11 is 0. The molecule has 4 rings (SSSR count). The third-order valence-electron chi connectivity index (χ3n) is 4.22. The standard InChI is InChI=1S/C17H13N3O4/c21-16-12-7-2-1-6-11(12)15-13(16)14(18-17(22)19-15)9-4-3-5-10(8-9)20(23)24/h1-8,14,20,23H,(H2,18,19,22)/t14-/m0/s1. The normalized spacial score (nSPS) is 20.2. The number of hydrogen-bond acceptors (Lipinski definition) is 4. The first-order valence-electron chi connectivity index (χ1n) is 7.35. The Morgan fingerprint density at radius 3 is 2.54 bits per heavy atom. The first-order valence-corrected chi connectivity index (χ1v) is 7.35. The van der Waals surface area contributed by atoms with Gasteiger partial charge < -0.3 is 15.8 Å². The van der Waals surface area contributed by atoms with Gasteiger partial charge in [0.2, 0.25) is 0 Å². The van der Waals surface area contributed by atoms with Gasteiger partial charge in [-0.25, -0.2) is 10.0 Å². The number of carbonyl (C=O) groups excluding carboxylic acids is 2. The van der Waals surface area contributed by atoms with Crippen LogP contribution in [0, 0.1) is 5.21 Å². The third kappa shape index (κ3) is 2.11. The minimum Gasteiger partial charge on any atom is -0.595 e. The molecule has 0 saturated heterocycles. The molecule has 2 atom stereocenters. The van der Waals surface area contributed by atoms with Gasteiger partial charge in [0, 0.05) is 23.3 Å². The van der Waals surface area contributed by atoms with E-state index in [4.69, 9.17) is 5.21 Å². The summed E-state index contributed by atoms with van der Waals surface area (Å²) in [5.74, 6) is -0.168. The molecule has 0 aromatic heterocycles. The number of quaternary nitrogens is 1. The molecule has 1 unspecified atom stereocenters. The lowest BCUT2D eigenvalue weighted by Gasteiger charge is -2.27. The van der Waals surface area contributed by atoms with Crippen LogP contribution in [0.3, 0.4) is 0 Å². The van der Waals surface area contributed by atoms with Gasteiger partial charge in [0.05, 0.1) is 17.3 Å². The van der Waals surface area contributed by atoms with Crippen LogP contribution >= 0.6 is 0 Å². The maximum Gasteiger partial charge on any atom is 0.320 e. The molecule has 2 amide bonds. The van der Waals surface area contributed by atoms with Crippen molar-refractivity contribution in [1.82, 2.24) is 10.6 Å². The van der Waals surface area contributed by atoms with E-state index in [0.717, 1.165) is 0 Å². The van der Waals surface area contributed by atoms with Crippen molar-refractivity contribution < 1.29 is 20.0 Å². The average molecular weight is 323 g/mol. The average Bonchev–Trinajstić information content (AvgIpc) is 2.87. The smallest absolute Gasteiger partial charge is 0.320 e. The Morgan fingerprint density at radius 1 is 1.04 bits per heavy atom. The number of Topliss-reactive ketones (excluding diaryl/α,β-unsaturated/α-hetero) is 1. The molecule has 2 aromatic carbocycles. The summed E-state index contributed by atoms with van der Waals surface area (Å²) in [6, 6.07) is 12.2. The SMILES string of the molecule is O=C1NC2=C(C(=O)c3ccccc32)[C@H](c2cccc([NH+]([O-])O)c2)N1. The van der Waals surface area contributed by atoms with Gasteiger partial charge in [-0.2, -0.15) is 5.23 Å². The number of amides is 2. The Balaban J connectivity index is 1.86. The predicted molar refractivity (Wildman–Crippen MR) is 84.3 cm³/mol. The molecular formula is C17H13N3O4. The molecule has 2 aromatic rings. The van der Waals surface area contributed by atoms with Crippen molar-refractivity contribution in [2.24, 2.45) is 0 Å². The topological polar surface area (TPSA) is 106 Å². The highest BCUT2D eigenvalue weighted by molar-refractivity contribution is 6.23. The fourth-order valence-corrected chi connectivity index (χ4v) is 3.17. The molecule has 7 heteroatoms. The molecular weight excluding hydrogens is 310 g/mol. The number of carbonyl (C=O) groups is 2. The van der Waals surface area contributed by atoms with Crippen LogP contribution in [0.4, 0.5) is 10.5 Å². The third-order valence-corrected chi connectivity index (χ3v) is 4.22. The lowest BCUT2D eigenvalue weighted by molar-refractivity contribution is -0.991. The van der Waals surface area contributed by atoms with Gasteiger partial charge in [-0.3, -0.25) is 4.79 Å². The van der Waals surface area contributed by atoms with E-state index in [-0.39, 0.29) is 11.5 Å². The summed E-state index contributed by atoms with van der Waals surface area (Å²) in [4.78, 5) is 24.8. The molecule has 0 fully saturated rings. The van der Waals surface area contributed by atoms with E-state index >= 15 is 0 Å². The molecule has 0 bridgehead atoms. The maximum absolute atomic E-state index is 12.8. The summed E-state index contributed by atoms with van der Waals surface area (Å²) in [7, 11) is 0. The predicted octanol–water partition coefficient (Wildman–Crippen LogP) is 1.05. The van der Waals surface area contributed by atoms with Crippen LogP contribution in [0.5, 0.6) is 0 Å². The van der Waals surface area contributed by atoms with E-state index in [9.17, 15) is 14.8 Å². The van der Waals surface area contributed by atoms with E-state index < -0.39 is 17.3 Å². The van der Waals surface area contributed by atoms with Crippen LogP contribution in [0.1, 0.15) is 27.5 Å². The maximum atomic E-state index is 12.8. The van der Waals surface area contributed by atoms with E-state index in [0.29, 0.717) is 28.0 Å². The van der Waals surface area contributed by atoms with Crippen molar-refractivity contribution in [2.45, 2.75) is 6.04 Å². The minimum absolute atomic E-state index is 0.102. The first-order chi connectivity index (χ1) is 11.6. The van der Waals surface area contributed by atoms with Gasteiger partial charge in [0.15, 0.2) is 11.5 Å². The van der Waals surface area contributed by atoms with Crippen LogP contribution in [0.15, 0.2) is 54.1 Å². The van der Waals surface area contributed by atoms with Gasteiger partial charge in [-0.05, 0) is 5.56 Å². The number of fused-ring (bicyclic) bond motifs is 2. The van der Waals surface area contributed by atoms with Crippen molar-refractivity contribution in [3.05, 3.63) is 76.0 Å². The minimum atomic E-state index is -1.06. The van der Waals surface area contributed by atoms with Crippen molar-refractivity contribution in [3.8, 4) is 0 Å². The summed E-state index contributed by atoms with van der Waals surface area (Å²) < 4.78 is 0. The highest BCUT2D eigenvalue weighted by Crippen LogP contribution is 2.39. The number of ketones is 1. The van der Waals surface area contributed by atoms with Crippen molar-refractivity contribution in [3.63, 3.8) is 0 Å². The lowest BCUT2D eigenvalue weighted by Crippen LogP contribution is -2.99. The molecule has 0 radical (unpaired) electrons. The summed E-state index contributed by atoms with van der Waals surface area (Å²) in [5.41, 5.74) is 2.80. The molecule has 1 heterocycles. The number of nitrogens with one attached hydrogen (secondary N) is 3. The molecule has 2 aliphatic rings. The fourth-order valence-electron chi connectivity index (χ4n) is 3.17. The molecule has 24 heavy (non-hydrogen) atoms. The van der Waals surface area contributed by atoms with E-state index in [1.807, 2.05) is 0 Å². The second kappa shape index (κ2) is 5.27. The number of urea groups is 1. The highest BCUT2D eigenvalue weighted by Gasteiger charge is 2.39. The van der Waals surface area contributed by atoms with Crippen LogP contribution in [0.25, 0.3) is 5.70 Å². The van der Waals surface area contributed by atoms with Crippen LogP contribution in [0.2, 0.25) is 0 Å². The van der Waals surface area contributed by atoms with Crippen LogP contribution in [-0.2, 0) is 0 Å². The molecule has 120 valence electrons. The quantitative estimate of drug-likeness (QED) is 0.620.